The lowest BCUT2D eigenvalue weighted by molar-refractivity contribution is -0.288. The quantitative estimate of drug-likeness (QED) is 0.742. The summed E-state index contributed by atoms with van der Waals surface area (Å²) in [5.41, 5.74) is 0. The molecule has 0 aromatic rings. The van der Waals surface area contributed by atoms with E-state index in [9.17, 15) is 5.11 Å². The largest absolute Gasteiger partial charge is 0.381 e. The second-order valence-electron chi connectivity index (χ2n) is 4.84. The van der Waals surface area contributed by atoms with Crippen molar-refractivity contribution in [2.75, 3.05) is 7.11 Å². The minimum atomic E-state index is -1.04. The maximum atomic E-state index is 9.91. The molecule has 0 aliphatic carbocycles. The highest BCUT2D eigenvalue weighted by Gasteiger charge is 2.42. The van der Waals surface area contributed by atoms with E-state index >= 15 is 0 Å². The maximum absolute atomic E-state index is 9.91. The summed E-state index contributed by atoms with van der Waals surface area (Å²) in [6.07, 6.45) is 0.711. The first-order valence-corrected chi connectivity index (χ1v) is 5.30. The molecule has 0 spiro atoms. The van der Waals surface area contributed by atoms with E-state index in [0.29, 0.717) is 18.3 Å². The number of hydrogen-bond donors (Lipinski definition) is 1. The van der Waals surface area contributed by atoms with Crippen molar-refractivity contribution in [1.82, 2.24) is 0 Å². The highest BCUT2D eigenvalue weighted by atomic mass is 16.6. The molecule has 14 heavy (non-hydrogen) atoms. The highest BCUT2D eigenvalue weighted by Crippen LogP contribution is 2.35. The van der Waals surface area contributed by atoms with E-state index in [1.807, 2.05) is 0 Å². The summed E-state index contributed by atoms with van der Waals surface area (Å²) in [5, 5.41) is 9.91. The maximum Gasteiger partial charge on any atom is 0.165 e. The monoisotopic (exact) mass is 202 g/mol. The van der Waals surface area contributed by atoms with E-state index in [-0.39, 0.29) is 12.2 Å². The van der Waals surface area contributed by atoms with Crippen LogP contribution >= 0.6 is 0 Å². The van der Waals surface area contributed by atoms with Crippen LogP contribution in [0.2, 0.25) is 0 Å². The minimum Gasteiger partial charge on any atom is -0.381 e. The predicted octanol–water partition coefficient (Wildman–Crippen LogP) is 1.79. The van der Waals surface area contributed by atoms with Crippen molar-refractivity contribution in [3.63, 3.8) is 0 Å². The Balaban J connectivity index is 2.76. The van der Waals surface area contributed by atoms with Gasteiger partial charge in [0.25, 0.3) is 0 Å². The molecule has 3 nitrogen and oxygen atoms in total. The van der Waals surface area contributed by atoms with Crippen LogP contribution in [0.15, 0.2) is 0 Å². The summed E-state index contributed by atoms with van der Waals surface area (Å²) in [5.74, 6) is -0.308. The summed E-state index contributed by atoms with van der Waals surface area (Å²) in [6.45, 7) is 8.04. The molecule has 1 saturated heterocycles. The molecule has 1 heterocycles. The number of methoxy groups -OCH3 is 1. The third-order valence-electron chi connectivity index (χ3n) is 3.03. The second-order valence-corrected chi connectivity index (χ2v) is 4.84. The van der Waals surface area contributed by atoms with Crippen molar-refractivity contribution < 1.29 is 14.6 Å². The van der Waals surface area contributed by atoms with Crippen molar-refractivity contribution in [3.8, 4) is 0 Å². The van der Waals surface area contributed by atoms with Crippen molar-refractivity contribution in [2.45, 2.75) is 52.1 Å². The first-order valence-electron chi connectivity index (χ1n) is 5.30. The van der Waals surface area contributed by atoms with Crippen LogP contribution in [0.5, 0.6) is 0 Å². The SMILES string of the molecule is COC1CC(C)(O)OC(C(C)C)C1C. The van der Waals surface area contributed by atoms with Crippen LogP contribution in [-0.2, 0) is 9.47 Å². The molecule has 0 aromatic heterocycles. The molecule has 0 aromatic carbocycles. The van der Waals surface area contributed by atoms with Crippen molar-refractivity contribution in [1.29, 1.82) is 0 Å². The Morgan fingerprint density at radius 1 is 1.50 bits per heavy atom. The van der Waals surface area contributed by atoms with E-state index in [4.69, 9.17) is 9.47 Å². The Hall–Kier alpha value is -0.120. The fourth-order valence-electron chi connectivity index (χ4n) is 2.26. The summed E-state index contributed by atoms with van der Waals surface area (Å²) in [6, 6.07) is 0. The molecular weight excluding hydrogens is 180 g/mol. The standard InChI is InChI=1S/C11H22O3/c1-7(2)10-8(3)9(13-5)6-11(4,12)14-10/h7-10,12H,6H2,1-5H3. The average Bonchev–Trinajstić information content (AvgIpc) is 2.08. The van der Waals surface area contributed by atoms with Crippen LogP contribution in [0.1, 0.15) is 34.1 Å². The summed E-state index contributed by atoms with van der Waals surface area (Å²) < 4.78 is 11.0. The van der Waals surface area contributed by atoms with Crippen molar-refractivity contribution in [2.24, 2.45) is 11.8 Å². The van der Waals surface area contributed by atoms with E-state index in [0.717, 1.165) is 0 Å². The second kappa shape index (κ2) is 4.17. The fourth-order valence-corrected chi connectivity index (χ4v) is 2.26. The van der Waals surface area contributed by atoms with Crippen molar-refractivity contribution >= 4 is 0 Å². The lowest BCUT2D eigenvalue weighted by Gasteiger charge is -2.44. The van der Waals surface area contributed by atoms with Crippen LogP contribution < -0.4 is 0 Å². The Morgan fingerprint density at radius 3 is 2.50 bits per heavy atom. The van der Waals surface area contributed by atoms with Gasteiger partial charge in [-0.2, -0.15) is 0 Å². The first kappa shape index (κ1) is 12.0. The molecule has 1 fully saturated rings. The highest BCUT2D eigenvalue weighted by molar-refractivity contribution is 4.86. The summed E-state index contributed by atoms with van der Waals surface area (Å²) in [4.78, 5) is 0. The van der Waals surface area contributed by atoms with E-state index in [1.54, 1.807) is 14.0 Å². The van der Waals surface area contributed by atoms with Crippen molar-refractivity contribution in [3.05, 3.63) is 0 Å². The van der Waals surface area contributed by atoms with Gasteiger partial charge in [0.15, 0.2) is 5.79 Å². The molecule has 1 aliphatic rings. The van der Waals surface area contributed by atoms with Gasteiger partial charge >= 0.3 is 0 Å². The number of rotatable bonds is 2. The van der Waals surface area contributed by atoms with Crippen LogP contribution in [0.4, 0.5) is 0 Å². The lowest BCUT2D eigenvalue weighted by Crippen LogP contribution is -2.51. The number of hydrogen-bond acceptors (Lipinski definition) is 3. The molecule has 4 atom stereocenters. The average molecular weight is 202 g/mol. The Bertz CT molecular complexity index is 189. The van der Waals surface area contributed by atoms with Crippen LogP contribution in [0, 0.1) is 11.8 Å². The van der Waals surface area contributed by atoms with Gasteiger partial charge in [-0.25, -0.2) is 0 Å². The third-order valence-corrected chi connectivity index (χ3v) is 3.03. The Kier molecular flexibility index (Phi) is 3.56. The fraction of sp³-hybridized carbons (Fsp3) is 1.00. The zero-order valence-corrected chi connectivity index (χ0v) is 9.78. The number of aliphatic hydroxyl groups is 1. The third kappa shape index (κ3) is 2.47. The molecule has 3 heteroatoms. The minimum absolute atomic E-state index is 0.0729. The Labute approximate surface area is 86.4 Å². The molecule has 4 unspecified atom stereocenters. The zero-order valence-electron chi connectivity index (χ0n) is 9.78. The first-order chi connectivity index (χ1) is 6.37. The van der Waals surface area contributed by atoms with Gasteiger partial charge in [-0.3, -0.25) is 0 Å². The lowest BCUT2D eigenvalue weighted by atomic mass is 9.84. The molecule has 0 amide bonds. The van der Waals surface area contributed by atoms with Gasteiger partial charge in [-0.05, 0) is 12.8 Å². The number of ether oxygens (including phenoxy) is 2. The predicted molar refractivity (Wildman–Crippen MR) is 54.9 cm³/mol. The van der Waals surface area contributed by atoms with E-state index in [2.05, 4.69) is 20.8 Å². The van der Waals surface area contributed by atoms with Gasteiger partial charge in [-0.1, -0.05) is 20.8 Å². The molecule has 0 saturated carbocycles. The molecule has 1 rings (SSSR count). The topological polar surface area (TPSA) is 38.7 Å². The zero-order chi connectivity index (χ0) is 10.9. The van der Waals surface area contributed by atoms with Gasteiger partial charge in [0.1, 0.15) is 0 Å². The van der Waals surface area contributed by atoms with Crippen LogP contribution in [0.3, 0.4) is 0 Å². The molecule has 84 valence electrons. The molecule has 1 aliphatic heterocycles. The van der Waals surface area contributed by atoms with E-state index in [1.165, 1.54) is 0 Å². The van der Waals surface area contributed by atoms with Crippen LogP contribution in [0.25, 0.3) is 0 Å². The molecule has 0 bridgehead atoms. The van der Waals surface area contributed by atoms with Gasteiger partial charge < -0.3 is 14.6 Å². The summed E-state index contributed by atoms with van der Waals surface area (Å²) >= 11 is 0. The summed E-state index contributed by atoms with van der Waals surface area (Å²) in [7, 11) is 1.69. The molecule has 1 N–H and O–H groups in total. The van der Waals surface area contributed by atoms with Gasteiger partial charge in [0, 0.05) is 19.4 Å². The normalized spacial score (nSPS) is 44.4. The smallest absolute Gasteiger partial charge is 0.165 e. The van der Waals surface area contributed by atoms with Gasteiger partial charge in [-0.15, -0.1) is 0 Å². The van der Waals surface area contributed by atoms with Gasteiger partial charge in [0.05, 0.1) is 12.2 Å². The Morgan fingerprint density at radius 2 is 2.07 bits per heavy atom. The molecular formula is C11H22O3. The molecule has 0 radical (unpaired) electrons. The van der Waals surface area contributed by atoms with E-state index < -0.39 is 5.79 Å². The van der Waals surface area contributed by atoms with Gasteiger partial charge in [0.2, 0.25) is 0 Å². The van der Waals surface area contributed by atoms with Crippen LogP contribution in [-0.4, -0.2) is 30.2 Å².